The van der Waals surface area contributed by atoms with Gasteiger partial charge in [0.25, 0.3) is 0 Å². The molecular formula is C76H100Cl2N10O6. The molecule has 2 aliphatic rings. The minimum atomic E-state index is -0.923. The van der Waals surface area contributed by atoms with Crippen molar-refractivity contribution in [3.8, 4) is 0 Å². The highest BCUT2D eigenvalue weighted by Gasteiger charge is 2.22. The van der Waals surface area contributed by atoms with Crippen molar-refractivity contribution in [2.24, 2.45) is 0 Å². The maximum atomic E-state index is 12.1. The van der Waals surface area contributed by atoms with Crippen molar-refractivity contribution in [2.75, 3.05) is 59.7 Å². The molecule has 4 aromatic heterocycles. The molecule has 8 aromatic rings. The molecule has 8 N–H and O–H groups in total. The number of hydrogen-bond donors (Lipinski definition) is 8. The van der Waals surface area contributed by atoms with E-state index in [0.717, 1.165) is 155 Å². The lowest BCUT2D eigenvalue weighted by molar-refractivity contribution is -0.119. The zero-order valence-electron chi connectivity index (χ0n) is 55.6. The number of pyridine rings is 2. The average molecular weight is 1320 g/mol. The van der Waals surface area contributed by atoms with Gasteiger partial charge < -0.3 is 41.4 Å². The molecule has 0 unspecified atom stereocenters. The SMILES string of the molecule is CC(=O)NCCc1c[nH]c2ccc(N(CCCCCCCCCCCCNc3c4c(nc5ccc(Cl)cc35)CCCC4)C(=O)O)cc12.CC(=O)NCCc1c[nH]c2ccc(N(CCCCCCCCCCCCNc3c4c(nc5ccc(Cl)cc35)CCCC4)C(=O)O)cc12. The van der Waals surface area contributed by atoms with Crippen LogP contribution in [0.5, 0.6) is 0 Å². The number of unbranched alkanes of at least 4 members (excludes halogenated alkanes) is 18. The van der Waals surface area contributed by atoms with Crippen LogP contribution in [0.25, 0.3) is 43.6 Å². The van der Waals surface area contributed by atoms with Gasteiger partial charge in [0.2, 0.25) is 11.8 Å². The molecule has 16 nitrogen and oxygen atoms in total. The lowest BCUT2D eigenvalue weighted by Crippen LogP contribution is -2.30. The van der Waals surface area contributed by atoms with Crippen molar-refractivity contribution >= 4 is 114 Å². The predicted octanol–water partition coefficient (Wildman–Crippen LogP) is 18.8. The van der Waals surface area contributed by atoms with Crippen LogP contribution in [-0.4, -0.2) is 93.4 Å². The standard InChI is InChI=1S/2C38H50ClN5O3/c2*1-27(45)40-22-20-28-26-42-34-19-17-30(25-32(28)34)44(38(46)47)23-13-9-7-5-3-2-4-6-8-12-21-41-37-31-14-10-11-15-35(31)43-36-18-16-29(39)24-33(36)37/h2*16-19,24-26,42H,2-15,20-23H2,1H3,(H,40,45)(H,41,43)(H,46,47). The van der Waals surface area contributed by atoms with Gasteiger partial charge in [0.05, 0.1) is 11.0 Å². The number of amides is 4. The number of anilines is 4. The lowest BCUT2D eigenvalue weighted by atomic mass is 9.92. The highest BCUT2D eigenvalue weighted by atomic mass is 35.5. The minimum Gasteiger partial charge on any atom is -0.465 e. The largest absolute Gasteiger partial charge is 0.465 e. The highest BCUT2D eigenvalue weighted by molar-refractivity contribution is 6.32. The molecular weight excluding hydrogens is 1220 g/mol. The van der Waals surface area contributed by atoms with E-state index in [1.165, 1.54) is 160 Å². The molecule has 18 heteroatoms. The lowest BCUT2D eigenvalue weighted by Gasteiger charge is -2.22. The van der Waals surface area contributed by atoms with Gasteiger partial charge in [0, 0.05) is 142 Å². The zero-order valence-corrected chi connectivity index (χ0v) is 57.1. The maximum Gasteiger partial charge on any atom is 0.411 e. The molecule has 94 heavy (non-hydrogen) atoms. The van der Waals surface area contributed by atoms with Gasteiger partial charge in [-0.05, 0) is 185 Å². The van der Waals surface area contributed by atoms with Gasteiger partial charge in [0.1, 0.15) is 0 Å². The van der Waals surface area contributed by atoms with Crippen LogP contribution in [0.15, 0.2) is 85.2 Å². The van der Waals surface area contributed by atoms with Crippen molar-refractivity contribution in [1.29, 1.82) is 0 Å². The molecule has 0 bridgehead atoms. The molecule has 0 saturated carbocycles. The summed E-state index contributed by atoms with van der Waals surface area (Å²) in [6.07, 6.45) is 35.9. The van der Waals surface area contributed by atoms with Crippen LogP contribution in [0.2, 0.25) is 10.0 Å². The van der Waals surface area contributed by atoms with Gasteiger partial charge in [-0.15, -0.1) is 0 Å². The molecule has 2 aliphatic carbocycles. The van der Waals surface area contributed by atoms with Crippen molar-refractivity contribution in [3.63, 3.8) is 0 Å². The molecule has 4 aromatic carbocycles. The third-order valence-electron chi connectivity index (χ3n) is 18.8. The number of aryl methyl sites for hydroxylation is 2. The summed E-state index contributed by atoms with van der Waals surface area (Å²) in [5.74, 6) is -0.107. The van der Waals surface area contributed by atoms with E-state index in [1.54, 1.807) is 0 Å². The Morgan fingerprint density at radius 3 is 1.18 bits per heavy atom. The van der Waals surface area contributed by atoms with Gasteiger partial charge in [-0.3, -0.25) is 29.4 Å². The molecule has 4 amide bonds. The third kappa shape index (κ3) is 20.7. The average Bonchev–Trinajstić information content (AvgIpc) is 1.16. The number of H-pyrrole nitrogens is 2. The number of hydrogen-bond acceptors (Lipinski definition) is 8. The van der Waals surface area contributed by atoms with E-state index in [1.807, 2.05) is 73.1 Å². The first-order valence-electron chi connectivity index (χ1n) is 35.2. The number of nitrogens with one attached hydrogen (secondary N) is 6. The second-order valence-electron chi connectivity index (χ2n) is 25.9. The monoisotopic (exact) mass is 1320 g/mol. The van der Waals surface area contributed by atoms with Gasteiger partial charge in [-0.25, -0.2) is 9.59 Å². The fraction of sp³-hybridized carbons (Fsp3) is 0.500. The fourth-order valence-electron chi connectivity index (χ4n) is 13.7. The quantitative estimate of drug-likeness (QED) is 0.0174. The summed E-state index contributed by atoms with van der Waals surface area (Å²) in [7, 11) is 0. The Bertz CT molecular complexity index is 3550. The second kappa shape index (κ2) is 36.9. The van der Waals surface area contributed by atoms with Crippen LogP contribution in [0, 0.1) is 0 Å². The molecule has 0 aliphatic heterocycles. The van der Waals surface area contributed by atoms with Crippen LogP contribution >= 0.6 is 23.2 Å². The topological polar surface area (TPSA) is 221 Å². The molecule has 0 radical (unpaired) electrons. The van der Waals surface area contributed by atoms with Crippen LogP contribution < -0.4 is 31.1 Å². The molecule has 4 heterocycles. The van der Waals surface area contributed by atoms with Crippen molar-refractivity contribution in [2.45, 2.75) is 206 Å². The first-order valence-corrected chi connectivity index (χ1v) is 36.0. The molecule has 0 fully saturated rings. The third-order valence-corrected chi connectivity index (χ3v) is 19.3. The second-order valence-corrected chi connectivity index (χ2v) is 26.8. The first-order chi connectivity index (χ1) is 45.8. The van der Waals surface area contributed by atoms with E-state index in [9.17, 15) is 29.4 Å². The Labute approximate surface area is 565 Å². The van der Waals surface area contributed by atoms with Gasteiger partial charge >= 0.3 is 12.2 Å². The Kier molecular flexibility index (Phi) is 27.8. The Morgan fingerprint density at radius 1 is 0.447 bits per heavy atom. The van der Waals surface area contributed by atoms with Gasteiger partial charge in [-0.1, -0.05) is 126 Å². The van der Waals surface area contributed by atoms with E-state index in [-0.39, 0.29) is 11.8 Å². The van der Waals surface area contributed by atoms with E-state index in [2.05, 4.69) is 43.4 Å². The summed E-state index contributed by atoms with van der Waals surface area (Å²) in [6, 6.07) is 23.6. The predicted molar refractivity (Wildman–Crippen MR) is 388 cm³/mol. The van der Waals surface area contributed by atoms with E-state index in [0.29, 0.717) is 50.4 Å². The summed E-state index contributed by atoms with van der Waals surface area (Å²) >= 11 is 12.7. The van der Waals surface area contributed by atoms with Gasteiger partial charge in [-0.2, -0.15) is 0 Å². The number of benzene rings is 4. The first kappa shape index (κ1) is 70.7. The van der Waals surface area contributed by atoms with Crippen LogP contribution in [0.4, 0.5) is 32.3 Å². The summed E-state index contributed by atoms with van der Waals surface area (Å²) in [5.41, 5.74) is 15.4. The Balaban J connectivity index is 0.000000221. The number of aromatic amines is 2. The number of nitrogens with zero attached hydrogens (tertiary/aromatic N) is 4. The van der Waals surface area contributed by atoms with E-state index < -0.39 is 12.2 Å². The smallest absolute Gasteiger partial charge is 0.411 e. The number of carbonyl (C=O) groups is 4. The van der Waals surface area contributed by atoms with Crippen molar-refractivity contribution in [3.05, 3.63) is 129 Å². The fourth-order valence-corrected chi connectivity index (χ4v) is 14.1. The number of carboxylic acid groups (broad SMARTS) is 2. The highest BCUT2D eigenvalue weighted by Crippen LogP contribution is 2.37. The Morgan fingerprint density at radius 2 is 0.809 bits per heavy atom. The number of carbonyl (C=O) groups excluding carboxylic acids is 2. The van der Waals surface area contributed by atoms with E-state index in [4.69, 9.17) is 33.2 Å². The number of rotatable bonds is 36. The molecule has 504 valence electrons. The number of aromatic nitrogens is 4. The van der Waals surface area contributed by atoms with Gasteiger partial charge in [0.15, 0.2) is 0 Å². The van der Waals surface area contributed by atoms with Crippen molar-refractivity contribution < 1.29 is 29.4 Å². The van der Waals surface area contributed by atoms with Crippen LogP contribution in [0.1, 0.15) is 202 Å². The summed E-state index contributed by atoms with van der Waals surface area (Å²) in [6.45, 7) is 7.05. The van der Waals surface area contributed by atoms with Crippen molar-refractivity contribution in [1.82, 2.24) is 30.6 Å². The van der Waals surface area contributed by atoms with Crippen LogP contribution in [-0.2, 0) is 48.1 Å². The minimum absolute atomic E-state index is 0.0536. The molecule has 0 atom stereocenters. The van der Waals surface area contributed by atoms with Crippen LogP contribution in [0.3, 0.4) is 0 Å². The number of fused-ring (bicyclic) bond motifs is 6. The normalized spacial score (nSPS) is 12.7. The van der Waals surface area contributed by atoms with E-state index >= 15 is 0 Å². The summed E-state index contributed by atoms with van der Waals surface area (Å²) < 4.78 is 0. The summed E-state index contributed by atoms with van der Waals surface area (Å²) in [4.78, 5) is 65.9. The maximum absolute atomic E-state index is 12.1. The molecule has 0 saturated heterocycles. The number of halogens is 2. The summed E-state index contributed by atoms with van der Waals surface area (Å²) in [5, 5.41) is 38.8. The Hall–Kier alpha value is -7.56. The molecule has 0 spiro atoms. The zero-order chi connectivity index (χ0) is 66.0. The molecule has 10 rings (SSSR count).